The Morgan fingerprint density at radius 1 is 1.43 bits per heavy atom. The Balaban J connectivity index is 2.35. The summed E-state index contributed by atoms with van der Waals surface area (Å²) < 4.78 is 0.745. The molecular weight excluding hydrogens is 352 g/mol. The molecule has 2 N–H and O–H groups in total. The van der Waals surface area contributed by atoms with Crippen molar-refractivity contribution in [3.8, 4) is 17.0 Å². The fourth-order valence-corrected chi connectivity index (χ4v) is 3.12. The highest BCUT2D eigenvalue weighted by Crippen LogP contribution is 2.30. The number of hydrogen-bond donors (Lipinski definition) is 2. The first-order valence-corrected chi connectivity index (χ1v) is 8.55. The van der Waals surface area contributed by atoms with Crippen LogP contribution in [-0.4, -0.2) is 20.3 Å². The van der Waals surface area contributed by atoms with Crippen molar-refractivity contribution in [3.63, 3.8) is 0 Å². The zero-order chi connectivity index (χ0) is 15.4. The van der Waals surface area contributed by atoms with Crippen molar-refractivity contribution in [1.29, 1.82) is 0 Å². The van der Waals surface area contributed by atoms with Gasteiger partial charge in [0.05, 0.1) is 5.75 Å². The lowest BCUT2D eigenvalue weighted by Gasteiger charge is -2.09. The van der Waals surface area contributed by atoms with Crippen LogP contribution in [0.2, 0.25) is 0 Å². The zero-order valence-electron chi connectivity index (χ0n) is 11.9. The van der Waals surface area contributed by atoms with Gasteiger partial charge >= 0.3 is 0 Å². The van der Waals surface area contributed by atoms with Crippen molar-refractivity contribution in [2.45, 2.75) is 31.3 Å². The van der Waals surface area contributed by atoms with E-state index >= 15 is 0 Å². The molecule has 0 saturated carbocycles. The van der Waals surface area contributed by atoms with Crippen molar-refractivity contribution in [2.75, 3.05) is 0 Å². The quantitative estimate of drug-likeness (QED) is 0.838. The summed E-state index contributed by atoms with van der Waals surface area (Å²) in [5.41, 5.74) is 0.499. The number of thioether (sulfide) groups is 1. The Bertz CT molecular complexity index is 688. The second-order valence-electron chi connectivity index (χ2n) is 4.72. The van der Waals surface area contributed by atoms with Crippen molar-refractivity contribution in [2.24, 2.45) is 0 Å². The van der Waals surface area contributed by atoms with Crippen LogP contribution in [0.25, 0.3) is 11.1 Å². The summed E-state index contributed by atoms with van der Waals surface area (Å²) >= 11 is 5.08. The normalized spacial score (nSPS) is 12.3. The minimum Gasteiger partial charge on any atom is -0.493 e. The smallest absolute Gasteiger partial charge is 0.262 e. The van der Waals surface area contributed by atoms with Crippen molar-refractivity contribution in [3.05, 3.63) is 44.9 Å². The summed E-state index contributed by atoms with van der Waals surface area (Å²) in [6.07, 6.45) is 1.05. The lowest BCUT2D eigenvalue weighted by molar-refractivity contribution is 0.451. The molecule has 0 aliphatic rings. The minimum atomic E-state index is -0.325. The summed E-state index contributed by atoms with van der Waals surface area (Å²) in [6, 6.07) is 7.25. The number of benzene rings is 1. The predicted molar refractivity (Wildman–Crippen MR) is 90.7 cm³/mol. The Morgan fingerprint density at radius 3 is 2.76 bits per heavy atom. The third-order valence-corrected chi connectivity index (χ3v) is 5.21. The molecular formula is C15H17BrN2O2S. The number of aromatic hydroxyl groups is 1. The van der Waals surface area contributed by atoms with Gasteiger partial charge in [0.25, 0.3) is 5.56 Å². The lowest BCUT2D eigenvalue weighted by Crippen LogP contribution is -2.14. The number of H-pyrrole nitrogens is 1. The van der Waals surface area contributed by atoms with E-state index in [9.17, 15) is 9.90 Å². The van der Waals surface area contributed by atoms with E-state index < -0.39 is 0 Å². The number of aromatic amines is 1. The molecule has 1 atom stereocenters. The molecule has 6 heteroatoms. The van der Waals surface area contributed by atoms with Gasteiger partial charge in [-0.2, -0.15) is 16.7 Å². The highest BCUT2D eigenvalue weighted by atomic mass is 79.9. The molecule has 0 fully saturated rings. The molecule has 0 radical (unpaired) electrons. The molecule has 4 nitrogen and oxygen atoms in total. The maximum atomic E-state index is 12.2. The first kappa shape index (κ1) is 16.1. The van der Waals surface area contributed by atoms with Crippen LogP contribution in [0.5, 0.6) is 5.88 Å². The summed E-state index contributed by atoms with van der Waals surface area (Å²) in [5.74, 6) is 0.845. The lowest BCUT2D eigenvalue weighted by atomic mass is 10.1. The molecule has 1 aromatic heterocycles. The van der Waals surface area contributed by atoms with E-state index in [1.807, 2.05) is 18.2 Å². The molecule has 112 valence electrons. The maximum absolute atomic E-state index is 12.2. The number of nitrogens with one attached hydrogen (secondary N) is 1. The number of halogens is 1. The largest absolute Gasteiger partial charge is 0.493 e. The SMILES string of the molecule is CCC(C)SCc1nc(O)c(-c2ccccc2Br)c(=O)[nH]1. The summed E-state index contributed by atoms with van der Waals surface area (Å²) in [7, 11) is 0. The Morgan fingerprint density at radius 2 is 2.14 bits per heavy atom. The van der Waals surface area contributed by atoms with Gasteiger partial charge in [-0.25, -0.2) is 0 Å². The molecule has 0 aliphatic carbocycles. The topological polar surface area (TPSA) is 66.0 Å². The van der Waals surface area contributed by atoms with Crippen molar-refractivity contribution >= 4 is 27.7 Å². The van der Waals surface area contributed by atoms with Crippen LogP contribution in [0, 0.1) is 0 Å². The molecule has 1 heterocycles. The third kappa shape index (κ3) is 3.89. The Hall–Kier alpha value is -1.27. The van der Waals surface area contributed by atoms with E-state index in [0.29, 0.717) is 22.4 Å². The van der Waals surface area contributed by atoms with Crippen molar-refractivity contribution in [1.82, 2.24) is 9.97 Å². The highest BCUT2D eigenvalue weighted by Gasteiger charge is 2.15. The monoisotopic (exact) mass is 368 g/mol. The van der Waals surface area contributed by atoms with Crippen LogP contribution in [0.15, 0.2) is 33.5 Å². The molecule has 2 rings (SSSR count). The van der Waals surface area contributed by atoms with E-state index in [0.717, 1.165) is 10.9 Å². The van der Waals surface area contributed by atoms with Gasteiger partial charge < -0.3 is 10.1 Å². The number of hydrogen-bond acceptors (Lipinski definition) is 4. The third-order valence-electron chi connectivity index (χ3n) is 3.17. The predicted octanol–water partition coefficient (Wildman–Crippen LogP) is 3.94. The molecule has 0 saturated heterocycles. The minimum absolute atomic E-state index is 0.194. The second-order valence-corrected chi connectivity index (χ2v) is 7.00. The van der Waals surface area contributed by atoms with Gasteiger partial charge in [-0.1, -0.05) is 48.0 Å². The van der Waals surface area contributed by atoms with Crippen LogP contribution in [0.1, 0.15) is 26.1 Å². The first-order valence-electron chi connectivity index (χ1n) is 6.71. The van der Waals surface area contributed by atoms with Gasteiger partial charge in [0.2, 0.25) is 5.88 Å². The Kier molecular flexibility index (Phi) is 5.47. The van der Waals surface area contributed by atoms with E-state index in [1.54, 1.807) is 17.8 Å². The molecule has 21 heavy (non-hydrogen) atoms. The fraction of sp³-hybridized carbons (Fsp3) is 0.333. The maximum Gasteiger partial charge on any atom is 0.262 e. The second kappa shape index (κ2) is 7.13. The average molecular weight is 369 g/mol. The number of rotatable bonds is 5. The van der Waals surface area contributed by atoms with Crippen LogP contribution < -0.4 is 5.56 Å². The van der Waals surface area contributed by atoms with E-state index in [1.165, 1.54) is 0 Å². The zero-order valence-corrected chi connectivity index (χ0v) is 14.3. The van der Waals surface area contributed by atoms with Gasteiger partial charge in [0, 0.05) is 15.3 Å². The highest BCUT2D eigenvalue weighted by molar-refractivity contribution is 9.10. The number of nitrogens with zero attached hydrogens (tertiary/aromatic N) is 1. The molecule has 1 aromatic carbocycles. The average Bonchev–Trinajstić information content (AvgIpc) is 2.46. The fourth-order valence-electron chi connectivity index (χ4n) is 1.82. The number of aromatic nitrogens is 2. The van der Waals surface area contributed by atoms with Crippen LogP contribution in [-0.2, 0) is 5.75 Å². The molecule has 0 amide bonds. The van der Waals surface area contributed by atoms with Gasteiger partial charge in [0.15, 0.2) is 0 Å². The molecule has 1 unspecified atom stereocenters. The van der Waals surface area contributed by atoms with Gasteiger partial charge in [0.1, 0.15) is 11.4 Å². The Labute approximate surface area is 136 Å². The molecule has 0 spiro atoms. The standard InChI is InChI=1S/C15H17BrN2O2S/c1-3-9(2)21-8-12-17-14(19)13(15(20)18-12)10-6-4-5-7-11(10)16/h4-7,9H,3,8H2,1-2H3,(H2,17,18,19,20). The van der Waals surface area contributed by atoms with Gasteiger partial charge in [-0.05, 0) is 12.5 Å². The van der Waals surface area contributed by atoms with E-state index in [2.05, 4.69) is 39.7 Å². The summed E-state index contributed by atoms with van der Waals surface area (Å²) in [4.78, 5) is 19.1. The van der Waals surface area contributed by atoms with Gasteiger partial charge in [-0.3, -0.25) is 4.79 Å². The van der Waals surface area contributed by atoms with E-state index in [4.69, 9.17) is 0 Å². The molecule has 2 aromatic rings. The van der Waals surface area contributed by atoms with Crippen molar-refractivity contribution < 1.29 is 5.11 Å². The van der Waals surface area contributed by atoms with E-state index in [-0.39, 0.29) is 17.0 Å². The van der Waals surface area contributed by atoms with Crippen LogP contribution >= 0.6 is 27.7 Å². The molecule has 0 aliphatic heterocycles. The molecule has 0 bridgehead atoms. The van der Waals surface area contributed by atoms with Gasteiger partial charge in [-0.15, -0.1) is 0 Å². The van der Waals surface area contributed by atoms with Crippen LogP contribution in [0.3, 0.4) is 0 Å². The first-order chi connectivity index (χ1) is 10.0. The van der Waals surface area contributed by atoms with Crippen LogP contribution in [0.4, 0.5) is 0 Å². The summed E-state index contributed by atoms with van der Waals surface area (Å²) in [5, 5.41) is 10.6. The summed E-state index contributed by atoms with van der Waals surface area (Å²) in [6.45, 7) is 4.24.